The van der Waals surface area contributed by atoms with Gasteiger partial charge in [-0.2, -0.15) is 0 Å². The van der Waals surface area contributed by atoms with Crippen molar-refractivity contribution in [3.63, 3.8) is 0 Å². The Kier molecular flexibility index (Phi) is 4.96. The van der Waals surface area contributed by atoms with E-state index in [-0.39, 0.29) is 17.0 Å². The summed E-state index contributed by atoms with van der Waals surface area (Å²) in [4.78, 5) is 4.07. The summed E-state index contributed by atoms with van der Waals surface area (Å²) in [6.07, 6.45) is 6.25. The molecule has 2 heterocycles. The largest absolute Gasteiger partial charge is 0.345 e. The normalized spacial score (nSPS) is 16.9. The molecule has 0 aliphatic carbocycles. The fourth-order valence-corrected chi connectivity index (χ4v) is 2.42. The topological polar surface area (TPSA) is 36.3 Å². The zero-order chi connectivity index (χ0) is 13.1. The van der Waals surface area contributed by atoms with E-state index < -0.39 is 5.79 Å². The molecule has 0 unspecified atom stereocenters. The van der Waals surface area contributed by atoms with Gasteiger partial charge in [0.2, 0.25) is 0 Å². The Morgan fingerprint density at radius 2 is 1.90 bits per heavy atom. The van der Waals surface area contributed by atoms with Crippen molar-refractivity contribution in [2.75, 3.05) is 13.2 Å². The number of nitrogens with zero attached hydrogens (tertiary/aromatic N) is 2. The first-order valence-corrected chi connectivity index (χ1v) is 6.55. The third kappa shape index (κ3) is 3.48. The van der Waals surface area contributed by atoms with Crippen LogP contribution in [0.15, 0.2) is 43.0 Å². The van der Waals surface area contributed by atoms with Gasteiger partial charge in [0.25, 0.3) is 0 Å². The quantitative estimate of drug-likeness (QED) is 0.859. The fourth-order valence-electron chi connectivity index (χ4n) is 2.42. The molecule has 1 aromatic carbocycles. The highest BCUT2D eigenvalue weighted by Crippen LogP contribution is 2.26. The van der Waals surface area contributed by atoms with E-state index in [4.69, 9.17) is 9.47 Å². The van der Waals surface area contributed by atoms with Crippen LogP contribution in [0.1, 0.15) is 11.1 Å². The van der Waals surface area contributed by atoms with Gasteiger partial charge in [0.15, 0.2) is 5.79 Å². The summed E-state index contributed by atoms with van der Waals surface area (Å²) in [5, 5.41) is 0. The Morgan fingerprint density at radius 1 is 1.20 bits per heavy atom. The van der Waals surface area contributed by atoms with Crippen molar-refractivity contribution in [1.29, 1.82) is 0 Å². The second-order valence-electron chi connectivity index (χ2n) is 5.00. The van der Waals surface area contributed by atoms with Gasteiger partial charge in [-0.05, 0) is 12.5 Å². The van der Waals surface area contributed by atoms with E-state index in [9.17, 15) is 0 Å². The van der Waals surface area contributed by atoms with Crippen molar-refractivity contribution in [2.24, 2.45) is 0 Å². The van der Waals surface area contributed by atoms with Crippen molar-refractivity contribution in [3.05, 3.63) is 54.1 Å². The minimum absolute atomic E-state index is 0. The van der Waals surface area contributed by atoms with Crippen molar-refractivity contribution in [3.8, 4) is 0 Å². The van der Waals surface area contributed by atoms with Crippen molar-refractivity contribution < 1.29 is 9.47 Å². The van der Waals surface area contributed by atoms with Gasteiger partial charge in [0.05, 0.1) is 26.1 Å². The summed E-state index contributed by atoms with van der Waals surface area (Å²) in [5.74, 6) is -0.560. The molecule has 0 saturated carbocycles. The van der Waals surface area contributed by atoms with Gasteiger partial charge >= 0.3 is 0 Å². The SMILES string of the molecule is Br.Cc1ccc(CC2(Cn3ccnc3)OCCO2)cc1. The summed E-state index contributed by atoms with van der Waals surface area (Å²) < 4.78 is 13.8. The lowest BCUT2D eigenvalue weighted by Crippen LogP contribution is -2.37. The number of benzene rings is 1. The highest BCUT2D eigenvalue weighted by molar-refractivity contribution is 8.93. The first-order valence-electron chi connectivity index (χ1n) is 6.55. The zero-order valence-electron chi connectivity index (χ0n) is 11.5. The molecule has 5 heteroatoms. The van der Waals surface area contributed by atoms with Crippen LogP contribution in [0.5, 0.6) is 0 Å². The van der Waals surface area contributed by atoms with Gasteiger partial charge in [-0.15, -0.1) is 17.0 Å². The van der Waals surface area contributed by atoms with Crippen LogP contribution in [0, 0.1) is 6.92 Å². The van der Waals surface area contributed by atoms with Crippen LogP contribution >= 0.6 is 17.0 Å². The summed E-state index contributed by atoms with van der Waals surface area (Å²) >= 11 is 0. The van der Waals surface area contributed by atoms with E-state index in [1.54, 1.807) is 12.5 Å². The minimum Gasteiger partial charge on any atom is -0.345 e. The molecule has 1 saturated heterocycles. The highest BCUT2D eigenvalue weighted by atomic mass is 79.9. The summed E-state index contributed by atoms with van der Waals surface area (Å²) in [6, 6.07) is 8.51. The molecule has 1 fully saturated rings. The van der Waals surface area contributed by atoms with Gasteiger partial charge in [-0.3, -0.25) is 0 Å². The van der Waals surface area contributed by atoms with E-state index in [0.29, 0.717) is 19.8 Å². The number of halogens is 1. The van der Waals surface area contributed by atoms with E-state index in [1.807, 2.05) is 10.8 Å². The molecule has 0 N–H and O–H groups in total. The maximum atomic E-state index is 5.88. The average Bonchev–Trinajstić information content (AvgIpc) is 3.05. The van der Waals surface area contributed by atoms with Gasteiger partial charge in [-0.25, -0.2) is 4.98 Å². The molecule has 0 bridgehead atoms. The molecule has 1 aliphatic heterocycles. The molecule has 1 aromatic heterocycles. The Labute approximate surface area is 129 Å². The molecule has 3 rings (SSSR count). The molecule has 0 spiro atoms. The Bertz CT molecular complexity index is 519. The van der Waals surface area contributed by atoms with Crippen LogP contribution in [0.3, 0.4) is 0 Å². The molecule has 4 nitrogen and oxygen atoms in total. The van der Waals surface area contributed by atoms with E-state index in [0.717, 1.165) is 6.42 Å². The predicted molar refractivity (Wildman–Crippen MR) is 82.1 cm³/mol. The lowest BCUT2D eigenvalue weighted by atomic mass is 10.0. The molecule has 2 aromatic rings. The maximum absolute atomic E-state index is 5.88. The third-order valence-electron chi connectivity index (χ3n) is 3.39. The molecule has 0 atom stereocenters. The Morgan fingerprint density at radius 3 is 2.50 bits per heavy atom. The van der Waals surface area contributed by atoms with Crippen LogP contribution in [0.25, 0.3) is 0 Å². The zero-order valence-corrected chi connectivity index (χ0v) is 13.2. The van der Waals surface area contributed by atoms with E-state index >= 15 is 0 Å². The number of hydrogen-bond acceptors (Lipinski definition) is 3. The first-order chi connectivity index (χ1) is 9.26. The molecule has 20 heavy (non-hydrogen) atoms. The van der Waals surface area contributed by atoms with Gasteiger partial charge < -0.3 is 14.0 Å². The number of aromatic nitrogens is 2. The van der Waals surface area contributed by atoms with Crippen molar-refractivity contribution in [1.82, 2.24) is 9.55 Å². The molecular weight excluding hydrogens is 320 g/mol. The molecule has 0 radical (unpaired) electrons. The van der Waals surface area contributed by atoms with Crippen LogP contribution in [-0.2, 0) is 22.4 Å². The van der Waals surface area contributed by atoms with Crippen LogP contribution in [-0.4, -0.2) is 28.6 Å². The molecule has 1 aliphatic rings. The number of hydrogen-bond donors (Lipinski definition) is 0. The molecule has 108 valence electrons. The standard InChI is InChI=1S/C15H18N2O2.BrH/c1-13-2-4-14(5-3-13)10-15(18-8-9-19-15)11-17-7-6-16-12-17;/h2-7,12H,8-11H2,1H3;1H. The third-order valence-corrected chi connectivity index (χ3v) is 3.39. The van der Waals surface area contributed by atoms with Gasteiger partial charge in [0.1, 0.15) is 0 Å². The summed E-state index contributed by atoms with van der Waals surface area (Å²) in [5.41, 5.74) is 2.49. The second kappa shape index (κ2) is 6.52. The number of imidazole rings is 1. The number of ether oxygens (including phenoxy) is 2. The lowest BCUT2D eigenvalue weighted by molar-refractivity contribution is -0.166. The van der Waals surface area contributed by atoms with Crippen LogP contribution in [0.2, 0.25) is 0 Å². The average molecular weight is 339 g/mol. The van der Waals surface area contributed by atoms with Crippen LogP contribution < -0.4 is 0 Å². The molecular formula is C15H19BrN2O2. The van der Waals surface area contributed by atoms with Crippen molar-refractivity contribution >= 4 is 17.0 Å². The Balaban J connectivity index is 0.00000147. The van der Waals surface area contributed by atoms with Gasteiger partial charge in [-0.1, -0.05) is 29.8 Å². The van der Waals surface area contributed by atoms with Crippen LogP contribution in [0.4, 0.5) is 0 Å². The minimum atomic E-state index is -0.560. The first kappa shape index (κ1) is 15.2. The summed E-state index contributed by atoms with van der Waals surface area (Å²) in [6.45, 7) is 4.07. The maximum Gasteiger partial charge on any atom is 0.190 e. The number of rotatable bonds is 4. The monoisotopic (exact) mass is 338 g/mol. The van der Waals surface area contributed by atoms with E-state index in [1.165, 1.54) is 11.1 Å². The highest BCUT2D eigenvalue weighted by Gasteiger charge is 2.37. The van der Waals surface area contributed by atoms with E-state index in [2.05, 4.69) is 36.2 Å². The predicted octanol–water partition coefficient (Wildman–Crippen LogP) is 2.76. The summed E-state index contributed by atoms with van der Waals surface area (Å²) in [7, 11) is 0. The number of aryl methyl sites for hydroxylation is 1. The Hall–Kier alpha value is -1.17. The van der Waals surface area contributed by atoms with Crippen molar-refractivity contribution in [2.45, 2.75) is 25.7 Å². The second-order valence-corrected chi connectivity index (χ2v) is 5.00. The van der Waals surface area contributed by atoms with Gasteiger partial charge in [0, 0.05) is 18.8 Å². The lowest BCUT2D eigenvalue weighted by Gasteiger charge is -2.28. The smallest absolute Gasteiger partial charge is 0.190 e. The molecule has 0 amide bonds. The fraction of sp³-hybridized carbons (Fsp3) is 0.400.